The van der Waals surface area contributed by atoms with E-state index in [0.29, 0.717) is 26.1 Å². The van der Waals surface area contributed by atoms with Gasteiger partial charge in [0.05, 0.1) is 6.33 Å². The Hall–Kier alpha value is -0.630. The van der Waals surface area contributed by atoms with Crippen LogP contribution in [0.15, 0.2) is 17.6 Å². The van der Waals surface area contributed by atoms with Crippen LogP contribution in [0, 0.1) is 0 Å². The van der Waals surface area contributed by atoms with Crippen LogP contribution in [0.2, 0.25) is 0 Å². The second kappa shape index (κ2) is 5.34. The Morgan fingerprint density at radius 2 is 2.29 bits per heavy atom. The first-order valence-electron chi connectivity index (χ1n) is 5.31. The number of halogens is 1. The number of rotatable bonds is 3. The molecule has 1 atom stereocenters. The Kier molecular flexibility index (Phi) is 4.54. The molecular weight excluding hydrogens is 264 g/mol. The topological polar surface area (TPSA) is 81.2 Å². The molecular formula is C9H17ClN4O2S. The van der Waals surface area contributed by atoms with Crippen LogP contribution in [-0.2, 0) is 16.6 Å². The number of nitrogens with two attached hydrogens (primary N) is 1. The number of imidazole rings is 1. The van der Waals surface area contributed by atoms with Gasteiger partial charge in [-0.2, -0.15) is 4.31 Å². The first kappa shape index (κ1) is 14.4. The van der Waals surface area contributed by atoms with Gasteiger partial charge in [-0.05, 0) is 13.3 Å². The fraction of sp³-hybridized carbons (Fsp3) is 0.667. The molecule has 0 radical (unpaired) electrons. The zero-order valence-corrected chi connectivity index (χ0v) is 11.2. The molecule has 2 rings (SSSR count). The van der Waals surface area contributed by atoms with Crippen LogP contribution in [0.3, 0.4) is 0 Å². The number of aryl methyl sites for hydroxylation is 1. The Morgan fingerprint density at radius 1 is 1.59 bits per heavy atom. The van der Waals surface area contributed by atoms with Crippen LogP contribution < -0.4 is 5.73 Å². The van der Waals surface area contributed by atoms with Crippen LogP contribution in [-0.4, -0.2) is 41.4 Å². The van der Waals surface area contributed by atoms with Gasteiger partial charge in [0.15, 0.2) is 5.03 Å². The molecule has 98 valence electrons. The third-order valence-corrected chi connectivity index (χ3v) is 4.52. The maximum Gasteiger partial charge on any atom is 0.262 e. The van der Waals surface area contributed by atoms with E-state index < -0.39 is 10.0 Å². The van der Waals surface area contributed by atoms with Crippen LogP contribution >= 0.6 is 12.4 Å². The number of aromatic nitrogens is 2. The Balaban J connectivity index is 0.00000144. The minimum Gasteiger partial charge on any atom is -0.336 e. The van der Waals surface area contributed by atoms with Crippen LogP contribution in [0.25, 0.3) is 0 Å². The van der Waals surface area contributed by atoms with Crippen molar-refractivity contribution >= 4 is 22.4 Å². The number of hydrogen-bond acceptors (Lipinski definition) is 4. The average molecular weight is 281 g/mol. The van der Waals surface area contributed by atoms with E-state index >= 15 is 0 Å². The van der Waals surface area contributed by atoms with E-state index in [1.54, 1.807) is 10.8 Å². The monoisotopic (exact) mass is 280 g/mol. The van der Waals surface area contributed by atoms with Gasteiger partial charge >= 0.3 is 0 Å². The molecule has 1 aliphatic heterocycles. The highest BCUT2D eigenvalue weighted by Crippen LogP contribution is 2.18. The van der Waals surface area contributed by atoms with E-state index in [2.05, 4.69) is 4.98 Å². The Morgan fingerprint density at radius 3 is 2.76 bits per heavy atom. The summed E-state index contributed by atoms with van der Waals surface area (Å²) in [4.78, 5) is 3.92. The lowest BCUT2D eigenvalue weighted by atomic mass is 10.3. The molecule has 2 heterocycles. The predicted molar refractivity (Wildman–Crippen MR) is 66.5 cm³/mol. The molecule has 0 unspecified atom stereocenters. The van der Waals surface area contributed by atoms with Crippen molar-refractivity contribution in [3.05, 3.63) is 12.5 Å². The third-order valence-electron chi connectivity index (χ3n) is 2.77. The summed E-state index contributed by atoms with van der Waals surface area (Å²) in [6, 6.07) is -0.0527. The normalized spacial score (nSPS) is 21.4. The van der Waals surface area contributed by atoms with E-state index in [1.807, 2.05) is 6.92 Å². The van der Waals surface area contributed by atoms with Gasteiger partial charge in [0.2, 0.25) is 0 Å². The average Bonchev–Trinajstić information content (AvgIpc) is 2.85. The van der Waals surface area contributed by atoms with Crippen LogP contribution in [0.5, 0.6) is 0 Å². The third kappa shape index (κ3) is 2.79. The van der Waals surface area contributed by atoms with E-state index in [9.17, 15) is 8.42 Å². The van der Waals surface area contributed by atoms with Crippen molar-refractivity contribution in [1.82, 2.24) is 13.9 Å². The lowest BCUT2D eigenvalue weighted by Gasteiger charge is -2.13. The molecule has 1 saturated heterocycles. The summed E-state index contributed by atoms with van der Waals surface area (Å²) in [6.07, 6.45) is 3.80. The Labute approximate surface area is 107 Å². The molecule has 0 aliphatic carbocycles. The molecule has 1 fully saturated rings. The lowest BCUT2D eigenvalue weighted by molar-refractivity contribution is 0.470. The van der Waals surface area contributed by atoms with Crippen molar-refractivity contribution in [2.24, 2.45) is 5.73 Å². The minimum absolute atomic E-state index is 0. The predicted octanol–water partition coefficient (Wildman–Crippen LogP) is 0.0465. The number of hydrogen-bond donors (Lipinski definition) is 1. The van der Waals surface area contributed by atoms with E-state index in [4.69, 9.17) is 5.73 Å². The molecule has 1 aromatic heterocycles. The number of nitrogens with zero attached hydrogens (tertiary/aromatic N) is 3. The van der Waals surface area contributed by atoms with Crippen LogP contribution in [0.4, 0.5) is 0 Å². The van der Waals surface area contributed by atoms with Gasteiger partial charge in [0.1, 0.15) is 0 Å². The standard InChI is InChI=1S/C9H16N4O2S.ClH/c1-2-12-6-9(11-7-12)16(14,15)13-4-3-8(10)5-13;/h6-8H,2-5,10H2,1H3;1H/t8-;/m1./s1. The zero-order valence-electron chi connectivity index (χ0n) is 9.61. The summed E-state index contributed by atoms with van der Waals surface area (Å²) >= 11 is 0. The quantitative estimate of drug-likeness (QED) is 0.848. The summed E-state index contributed by atoms with van der Waals surface area (Å²) < 4.78 is 27.3. The van der Waals surface area contributed by atoms with Gasteiger partial charge in [-0.15, -0.1) is 12.4 Å². The van der Waals surface area contributed by atoms with E-state index in [-0.39, 0.29) is 23.5 Å². The van der Waals surface area contributed by atoms with Gasteiger partial charge in [-0.25, -0.2) is 13.4 Å². The second-order valence-electron chi connectivity index (χ2n) is 3.95. The summed E-state index contributed by atoms with van der Waals surface area (Å²) in [5.74, 6) is 0. The molecule has 0 bridgehead atoms. The zero-order chi connectivity index (χ0) is 11.8. The minimum atomic E-state index is -3.44. The lowest BCUT2D eigenvalue weighted by Crippen LogP contribution is -2.32. The molecule has 0 amide bonds. The molecule has 0 aromatic carbocycles. The molecule has 0 saturated carbocycles. The second-order valence-corrected chi connectivity index (χ2v) is 5.84. The Bertz CT molecular complexity index is 473. The van der Waals surface area contributed by atoms with Crippen LogP contribution in [0.1, 0.15) is 13.3 Å². The van der Waals surface area contributed by atoms with Crippen molar-refractivity contribution in [1.29, 1.82) is 0 Å². The molecule has 2 N–H and O–H groups in total. The van der Waals surface area contributed by atoms with E-state index in [0.717, 1.165) is 0 Å². The van der Waals surface area contributed by atoms with Gasteiger partial charge in [-0.3, -0.25) is 0 Å². The molecule has 6 nitrogen and oxygen atoms in total. The molecule has 0 spiro atoms. The molecule has 8 heteroatoms. The summed E-state index contributed by atoms with van der Waals surface area (Å²) in [7, 11) is -3.44. The fourth-order valence-corrected chi connectivity index (χ4v) is 3.20. The van der Waals surface area contributed by atoms with Crippen molar-refractivity contribution in [2.75, 3.05) is 13.1 Å². The number of sulfonamides is 1. The van der Waals surface area contributed by atoms with Crippen molar-refractivity contribution < 1.29 is 8.42 Å². The SMILES string of the molecule is CCn1cnc(S(=O)(=O)N2CC[C@@H](N)C2)c1.Cl. The fourth-order valence-electron chi connectivity index (χ4n) is 1.75. The molecule has 1 aromatic rings. The smallest absolute Gasteiger partial charge is 0.262 e. The first-order valence-corrected chi connectivity index (χ1v) is 6.75. The van der Waals surface area contributed by atoms with Gasteiger partial charge in [0, 0.05) is 31.9 Å². The maximum absolute atomic E-state index is 12.1. The van der Waals surface area contributed by atoms with E-state index in [1.165, 1.54) is 10.6 Å². The first-order chi connectivity index (χ1) is 7.54. The van der Waals surface area contributed by atoms with Crippen molar-refractivity contribution in [3.8, 4) is 0 Å². The highest BCUT2D eigenvalue weighted by Gasteiger charge is 2.32. The molecule has 17 heavy (non-hydrogen) atoms. The maximum atomic E-state index is 12.1. The highest BCUT2D eigenvalue weighted by atomic mass is 35.5. The summed E-state index contributed by atoms with van der Waals surface area (Å²) in [5.41, 5.74) is 5.70. The van der Waals surface area contributed by atoms with Gasteiger partial charge in [0.25, 0.3) is 10.0 Å². The highest BCUT2D eigenvalue weighted by molar-refractivity contribution is 7.89. The largest absolute Gasteiger partial charge is 0.336 e. The van der Waals surface area contributed by atoms with Gasteiger partial charge < -0.3 is 10.3 Å². The molecule has 1 aliphatic rings. The van der Waals surface area contributed by atoms with Crippen molar-refractivity contribution in [3.63, 3.8) is 0 Å². The summed E-state index contributed by atoms with van der Waals surface area (Å²) in [6.45, 7) is 3.52. The van der Waals surface area contributed by atoms with Gasteiger partial charge in [-0.1, -0.05) is 0 Å². The van der Waals surface area contributed by atoms with Crippen molar-refractivity contribution in [2.45, 2.75) is 31.0 Å². The summed E-state index contributed by atoms with van der Waals surface area (Å²) in [5, 5.41) is 0.114.